The fourth-order valence-corrected chi connectivity index (χ4v) is 3.23. The second kappa shape index (κ2) is 6.91. The molecular weight excluding hydrogens is 332 g/mol. The summed E-state index contributed by atoms with van der Waals surface area (Å²) in [5.74, 6) is -0.0133. The predicted molar refractivity (Wildman–Crippen MR) is 93.6 cm³/mol. The molecule has 132 valence electrons. The second-order valence-electron chi connectivity index (χ2n) is 6.23. The number of hydrogen-bond acceptors (Lipinski definition) is 5. The van der Waals surface area contributed by atoms with Gasteiger partial charge >= 0.3 is 0 Å². The quantitative estimate of drug-likeness (QED) is 0.764. The lowest BCUT2D eigenvalue weighted by molar-refractivity contribution is -0.131. The van der Waals surface area contributed by atoms with Gasteiger partial charge in [0, 0.05) is 12.6 Å². The maximum atomic E-state index is 12.8. The van der Waals surface area contributed by atoms with Crippen LogP contribution in [-0.2, 0) is 11.2 Å². The van der Waals surface area contributed by atoms with Crippen LogP contribution < -0.4 is 5.56 Å². The fraction of sp³-hybridized carbons (Fsp3) is 0.278. The van der Waals surface area contributed by atoms with Gasteiger partial charge < -0.3 is 4.90 Å². The first-order valence-corrected chi connectivity index (χ1v) is 8.52. The molecule has 0 aliphatic carbocycles. The number of benzene rings is 1. The zero-order chi connectivity index (χ0) is 17.9. The molecule has 0 bridgehead atoms. The molecule has 1 fully saturated rings. The van der Waals surface area contributed by atoms with Crippen LogP contribution in [-0.4, -0.2) is 42.5 Å². The zero-order valence-electron chi connectivity index (χ0n) is 14.1. The van der Waals surface area contributed by atoms with Crippen LogP contribution in [0.25, 0.3) is 5.69 Å². The minimum atomic E-state index is -0.248. The van der Waals surface area contributed by atoms with Gasteiger partial charge in [-0.3, -0.25) is 9.59 Å². The van der Waals surface area contributed by atoms with Gasteiger partial charge in [-0.25, -0.2) is 5.10 Å². The fourth-order valence-electron chi connectivity index (χ4n) is 3.23. The lowest BCUT2D eigenvalue weighted by atomic mass is 10.1. The lowest BCUT2D eigenvalue weighted by Gasteiger charge is -2.23. The van der Waals surface area contributed by atoms with Crippen molar-refractivity contribution in [2.45, 2.75) is 25.3 Å². The van der Waals surface area contributed by atoms with Crippen LogP contribution in [0, 0.1) is 0 Å². The number of aromatic amines is 1. The Bertz CT molecular complexity index is 945. The summed E-state index contributed by atoms with van der Waals surface area (Å²) in [5, 5.41) is 15.2. The van der Waals surface area contributed by atoms with E-state index in [4.69, 9.17) is 0 Å². The molecule has 1 aliphatic heterocycles. The summed E-state index contributed by atoms with van der Waals surface area (Å²) >= 11 is 0. The highest BCUT2D eigenvalue weighted by Gasteiger charge is 2.31. The van der Waals surface area contributed by atoms with Crippen molar-refractivity contribution in [1.82, 2.24) is 30.1 Å². The number of amides is 1. The molecule has 0 saturated carbocycles. The standard InChI is InChI=1S/C18H18N6O2/c25-17-9-8-15(20-21-17)16-7-4-10-23(16)18(26)11-13-12-19-24(22-13)14-5-2-1-3-6-14/h1-3,5-6,8-9,12,16H,4,7,10-11H2,(H,21,25). The minimum Gasteiger partial charge on any atom is -0.334 e. The monoisotopic (exact) mass is 350 g/mol. The van der Waals surface area contributed by atoms with E-state index in [0.717, 1.165) is 18.5 Å². The van der Waals surface area contributed by atoms with Gasteiger partial charge in [0.05, 0.1) is 35.7 Å². The maximum Gasteiger partial charge on any atom is 0.264 e. The molecule has 1 aromatic carbocycles. The number of rotatable bonds is 4. The van der Waals surface area contributed by atoms with Gasteiger partial charge in [-0.15, -0.1) is 0 Å². The van der Waals surface area contributed by atoms with Crippen molar-refractivity contribution in [3.05, 3.63) is 70.4 Å². The molecule has 4 rings (SSSR count). The molecule has 0 spiro atoms. The molecule has 3 aromatic rings. The molecule has 1 N–H and O–H groups in total. The number of H-pyrrole nitrogens is 1. The van der Waals surface area contributed by atoms with E-state index >= 15 is 0 Å². The average Bonchev–Trinajstić information content (AvgIpc) is 3.33. The van der Waals surface area contributed by atoms with Crippen molar-refractivity contribution >= 4 is 5.91 Å². The highest BCUT2D eigenvalue weighted by Crippen LogP contribution is 2.30. The topological polar surface area (TPSA) is 96.8 Å². The average molecular weight is 350 g/mol. The van der Waals surface area contributed by atoms with E-state index in [9.17, 15) is 9.59 Å². The van der Waals surface area contributed by atoms with Gasteiger partial charge in [-0.2, -0.15) is 20.1 Å². The first kappa shape index (κ1) is 16.2. The van der Waals surface area contributed by atoms with Crippen LogP contribution in [0.3, 0.4) is 0 Å². The van der Waals surface area contributed by atoms with E-state index in [1.165, 1.54) is 10.9 Å². The summed E-state index contributed by atoms with van der Waals surface area (Å²) < 4.78 is 0. The normalized spacial score (nSPS) is 16.8. The number of carbonyl (C=O) groups excluding carboxylic acids is 1. The Morgan fingerprint density at radius 1 is 1.19 bits per heavy atom. The molecule has 1 unspecified atom stereocenters. The first-order chi connectivity index (χ1) is 12.7. The van der Waals surface area contributed by atoms with Gasteiger partial charge in [0.15, 0.2) is 0 Å². The number of carbonyl (C=O) groups is 1. The minimum absolute atomic E-state index is 0.0133. The molecule has 1 aliphatic rings. The highest BCUT2D eigenvalue weighted by atomic mass is 16.2. The number of nitrogens with zero attached hydrogens (tertiary/aromatic N) is 5. The molecule has 8 heteroatoms. The van der Waals surface area contributed by atoms with Crippen molar-refractivity contribution in [3.8, 4) is 5.69 Å². The molecular formula is C18H18N6O2. The number of likely N-dealkylation sites (tertiary alicyclic amines) is 1. The molecule has 1 atom stereocenters. The van der Waals surface area contributed by atoms with Crippen molar-refractivity contribution in [1.29, 1.82) is 0 Å². The molecule has 3 heterocycles. The number of aromatic nitrogens is 5. The summed E-state index contributed by atoms with van der Waals surface area (Å²) in [6.45, 7) is 0.678. The third-order valence-corrected chi connectivity index (χ3v) is 4.47. The first-order valence-electron chi connectivity index (χ1n) is 8.52. The van der Waals surface area contributed by atoms with E-state index in [0.29, 0.717) is 17.9 Å². The van der Waals surface area contributed by atoms with Crippen LogP contribution in [0.5, 0.6) is 0 Å². The Balaban J connectivity index is 1.48. The largest absolute Gasteiger partial charge is 0.334 e. The zero-order valence-corrected chi connectivity index (χ0v) is 14.1. The third kappa shape index (κ3) is 3.26. The molecule has 1 amide bonds. The Kier molecular flexibility index (Phi) is 4.30. The van der Waals surface area contributed by atoms with Gasteiger partial charge in [0.1, 0.15) is 0 Å². The van der Waals surface area contributed by atoms with Crippen molar-refractivity contribution in [2.24, 2.45) is 0 Å². The van der Waals surface area contributed by atoms with Crippen LogP contribution in [0.2, 0.25) is 0 Å². The van der Waals surface area contributed by atoms with Gasteiger partial charge in [0.25, 0.3) is 5.56 Å². The van der Waals surface area contributed by atoms with Gasteiger partial charge in [-0.05, 0) is 31.0 Å². The van der Waals surface area contributed by atoms with E-state index in [2.05, 4.69) is 20.4 Å². The molecule has 1 saturated heterocycles. The van der Waals surface area contributed by atoms with Crippen LogP contribution in [0.4, 0.5) is 0 Å². The summed E-state index contributed by atoms with van der Waals surface area (Å²) in [6.07, 6.45) is 3.55. The Morgan fingerprint density at radius 2 is 2.04 bits per heavy atom. The second-order valence-corrected chi connectivity index (χ2v) is 6.23. The van der Waals surface area contributed by atoms with Crippen molar-refractivity contribution in [3.63, 3.8) is 0 Å². The SMILES string of the molecule is O=C(Cc1cnn(-c2ccccc2)n1)N1CCCC1c1ccc(=O)[nH]n1. The predicted octanol–water partition coefficient (Wildman–Crippen LogP) is 1.26. The van der Waals surface area contributed by atoms with Crippen LogP contribution >= 0.6 is 0 Å². The van der Waals surface area contributed by atoms with E-state index in [1.54, 1.807) is 12.3 Å². The highest BCUT2D eigenvalue weighted by molar-refractivity contribution is 5.79. The number of para-hydroxylation sites is 1. The number of hydrogen-bond donors (Lipinski definition) is 1. The maximum absolute atomic E-state index is 12.8. The van der Waals surface area contributed by atoms with Gasteiger partial charge in [0.2, 0.25) is 5.91 Å². The molecule has 8 nitrogen and oxygen atoms in total. The smallest absolute Gasteiger partial charge is 0.264 e. The summed E-state index contributed by atoms with van der Waals surface area (Å²) in [5.41, 5.74) is 1.94. The van der Waals surface area contributed by atoms with E-state index < -0.39 is 0 Å². The summed E-state index contributed by atoms with van der Waals surface area (Å²) in [7, 11) is 0. The summed E-state index contributed by atoms with van der Waals surface area (Å²) in [4.78, 5) is 27.3. The Labute approximate surface area is 149 Å². The van der Waals surface area contributed by atoms with Crippen LogP contribution in [0.15, 0.2) is 53.5 Å². The lowest BCUT2D eigenvalue weighted by Crippen LogP contribution is -2.32. The van der Waals surface area contributed by atoms with Crippen LogP contribution in [0.1, 0.15) is 30.3 Å². The van der Waals surface area contributed by atoms with Crippen molar-refractivity contribution in [2.75, 3.05) is 6.54 Å². The van der Waals surface area contributed by atoms with E-state index in [1.807, 2.05) is 35.2 Å². The molecule has 0 radical (unpaired) electrons. The number of nitrogens with one attached hydrogen (secondary N) is 1. The Morgan fingerprint density at radius 3 is 2.81 bits per heavy atom. The molecule has 26 heavy (non-hydrogen) atoms. The Hall–Kier alpha value is -3.29. The van der Waals surface area contributed by atoms with Crippen molar-refractivity contribution < 1.29 is 4.79 Å². The third-order valence-electron chi connectivity index (χ3n) is 4.47. The summed E-state index contributed by atoms with van der Waals surface area (Å²) in [6, 6.07) is 12.6. The van der Waals surface area contributed by atoms with Gasteiger partial charge in [-0.1, -0.05) is 18.2 Å². The molecule has 2 aromatic heterocycles. The van der Waals surface area contributed by atoms with E-state index in [-0.39, 0.29) is 23.9 Å².